The van der Waals surface area contributed by atoms with Crippen molar-refractivity contribution in [3.8, 4) is 0 Å². The summed E-state index contributed by atoms with van der Waals surface area (Å²) in [7, 11) is 0. The SMILES string of the molecule is CC(OC(=O)CNC(=O)c1ccc(N2CCCC2=O)cc1)C(=O)NCc1ccc(F)cc1. The molecule has 0 radical (unpaired) electrons. The maximum Gasteiger partial charge on any atom is 0.326 e. The number of esters is 1. The first-order valence-electron chi connectivity index (χ1n) is 10.2. The van der Waals surface area contributed by atoms with Gasteiger partial charge in [0.05, 0.1) is 0 Å². The fraction of sp³-hybridized carbons (Fsp3) is 0.304. The van der Waals surface area contributed by atoms with Gasteiger partial charge in [0.15, 0.2) is 6.10 Å². The zero-order valence-electron chi connectivity index (χ0n) is 17.6. The van der Waals surface area contributed by atoms with Crippen LogP contribution in [0.25, 0.3) is 0 Å². The molecule has 0 aromatic heterocycles. The predicted octanol–water partition coefficient (Wildman–Crippen LogP) is 1.93. The molecule has 3 amide bonds. The van der Waals surface area contributed by atoms with Crippen LogP contribution < -0.4 is 15.5 Å². The molecule has 168 valence electrons. The topological polar surface area (TPSA) is 105 Å². The monoisotopic (exact) mass is 441 g/mol. The van der Waals surface area contributed by atoms with E-state index in [0.29, 0.717) is 24.1 Å². The van der Waals surface area contributed by atoms with Crippen LogP contribution in [0.15, 0.2) is 48.5 Å². The van der Waals surface area contributed by atoms with E-state index in [1.165, 1.54) is 31.2 Å². The molecule has 1 aliphatic rings. The third-order valence-electron chi connectivity index (χ3n) is 4.97. The molecule has 2 aromatic rings. The standard InChI is InChI=1S/C23H24FN3O5/c1-15(22(30)25-13-16-4-8-18(24)9-5-16)32-21(29)14-26-23(31)17-6-10-19(11-7-17)27-12-2-3-20(27)28/h4-11,15H,2-3,12-14H2,1H3,(H,25,30)(H,26,31). The lowest BCUT2D eigenvalue weighted by Gasteiger charge is -2.16. The molecule has 0 aliphatic carbocycles. The van der Waals surface area contributed by atoms with E-state index in [4.69, 9.17) is 4.74 Å². The summed E-state index contributed by atoms with van der Waals surface area (Å²) in [5, 5.41) is 5.03. The Balaban J connectivity index is 1.41. The van der Waals surface area contributed by atoms with Crippen molar-refractivity contribution in [2.45, 2.75) is 32.4 Å². The van der Waals surface area contributed by atoms with E-state index < -0.39 is 30.4 Å². The molecule has 0 bridgehead atoms. The molecule has 9 heteroatoms. The summed E-state index contributed by atoms with van der Waals surface area (Å²) in [6, 6.07) is 12.2. The summed E-state index contributed by atoms with van der Waals surface area (Å²) >= 11 is 0. The lowest BCUT2D eigenvalue weighted by Crippen LogP contribution is -2.38. The molecular weight excluding hydrogens is 417 g/mol. The Hall–Kier alpha value is -3.75. The third kappa shape index (κ3) is 6.13. The number of carbonyl (C=O) groups excluding carboxylic acids is 4. The number of halogens is 1. The quantitative estimate of drug-likeness (QED) is 0.609. The number of benzene rings is 2. The van der Waals surface area contributed by atoms with Gasteiger partial charge in [-0.25, -0.2) is 4.39 Å². The van der Waals surface area contributed by atoms with E-state index in [9.17, 15) is 23.6 Å². The van der Waals surface area contributed by atoms with Gasteiger partial charge in [0.1, 0.15) is 12.4 Å². The summed E-state index contributed by atoms with van der Waals surface area (Å²) < 4.78 is 17.9. The molecule has 1 saturated heterocycles. The molecule has 2 N–H and O–H groups in total. The molecule has 1 unspecified atom stereocenters. The smallest absolute Gasteiger partial charge is 0.326 e. The molecule has 0 saturated carbocycles. The highest BCUT2D eigenvalue weighted by Gasteiger charge is 2.22. The van der Waals surface area contributed by atoms with E-state index in [0.717, 1.165) is 12.1 Å². The van der Waals surface area contributed by atoms with E-state index in [-0.39, 0.29) is 18.3 Å². The highest BCUT2D eigenvalue weighted by molar-refractivity contribution is 5.98. The fourth-order valence-corrected chi connectivity index (χ4v) is 3.20. The minimum Gasteiger partial charge on any atom is -0.451 e. The largest absolute Gasteiger partial charge is 0.451 e. The number of carbonyl (C=O) groups is 4. The number of hydrogen-bond donors (Lipinski definition) is 2. The maximum atomic E-state index is 12.9. The first kappa shape index (κ1) is 22.9. The van der Waals surface area contributed by atoms with Gasteiger partial charge in [-0.3, -0.25) is 19.2 Å². The molecule has 32 heavy (non-hydrogen) atoms. The highest BCUT2D eigenvalue weighted by atomic mass is 19.1. The van der Waals surface area contributed by atoms with Gasteiger partial charge in [0.25, 0.3) is 11.8 Å². The van der Waals surface area contributed by atoms with Gasteiger partial charge in [-0.15, -0.1) is 0 Å². The van der Waals surface area contributed by atoms with Gasteiger partial charge >= 0.3 is 5.97 Å². The number of hydrogen-bond acceptors (Lipinski definition) is 5. The van der Waals surface area contributed by atoms with Gasteiger partial charge in [-0.1, -0.05) is 12.1 Å². The van der Waals surface area contributed by atoms with Crippen LogP contribution in [-0.2, 0) is 25.7 Å². The summed E-state index contributed by atoms with van der Waals surface area (Å²) in [5.41, 5.74) is 1.76. The van der Waals surface area contributed by atoms with Gasteiger partial charge in [0, 0.05) is 30.8 Å². The minimum atomic E-state index is -1.06. The number of nitrogens with one attached hydrogen (secondary N) is 2. The summed E-state index contributed by atoms with van der Waals surface area (Å²) in [5.74, 6) is -2.07. The molecule has 8 nitrogen and oxygen atoms in total. The minimum absolute atomic E-state index is 0.0563. The zero-order chi connectivity index (χ0) is 23.1. The Morgan fingerprint density at radius 2 is 1.75 bits per heavy atom. The van der Waals surface area contributed by atoms with Crippen LogP contribution in [0, 0.1) is 5.82 Å². The van der Waals surface area contributed by atoms with Gasteiger partial charge < -0.3 is 20.3 Å². The number of rotatable bonds is 8. The number of nitrogens with zero attached hydrogens (tertiary/aromatic N) is 1. The van der Waals surface area contributed by atoms with Crippen molar-refractivity contribution in [2.24, 2.45) is 0 Å². The first-order chi connectivity index (χ1) is 15.3. The van der Waals surface area contributed by atoms with Gasteiger partial charge in [0.2, 0.25) is 5.91 Å². The summed E-state index contributed by atoms with van der Waals surface area (Å²) in [6.45, 7) is 1.83. The predicted molar refractivity (Wildman–Crippen MR) is 114 cm³/mol. The molecule has 0 spiro atoms. The number of amides is 3. The van der Waals surface area contributed by atoms with Crippen molar-refractivity contribution < 1.29 is 28.3 Å². The summed E-state index contributed by atoms with van der Waals surface area (Å²) in [4.78, 5) is 49.7. The van der Waals surface area contributed by atoms with Crippen molar-refractivity contribution in [2.75, 3.05) is 18.0 Å². The van der Waals surface area contributed by atoms with Crippen LogP contribution in [-0.4, -0.2) is 42.9 Å². The number of anilines is 1. The Labute approximate surface area is 184 Å². The lowest BCUT2D eigenvalue weighted by atomic mass is 10.2. The second-order valence-electron chi connectivity index (χ2n) is 7.35. The number of ether oxygens (including phenoxy) is 1. The maximum absolute atomic E-state index is 12.9. The molecule has 2 aromatic carbocycles. The van der Waals surface area contributed by atoms with Crippen LogP contribution >= 0.6 is 0 Å². The van der Waals surface area contributed by atoms with E-state index >= 15 is 0 Å². The Morgan fingerprint density at radius 3 is 2.38 bits per heavy atom. The highest BCUT2D eigenvalue weighted by Crippen LogP contribution is 2.21. The zero-order valence-corrected chi connectivity index (χ0v) is 17.6. The Bertz CT molecular complexity index is 992. The lowest BCUT2D eigenvalue weighted by molar-refractivity contribution is -0.153. The molecule has 1 atom stereocenters. The van der Waals surface area contributed by atoms with E-state index in [1.807, 2.05) is 0 Å². The van der Waals surface area contributed by atoms with Crippen molar-refractivity contribution >= 4 is 29.4 Å². The fourth-order valence-electron chi connectivity index (χ4n) is 3.20. The average Bonchev–Trinajstić information content (AvgIpc) is 3.22. The van der Waals surface area contributed by atoms with Crippen molar-refractivity contribution in [1.82, 2.24) is 10.6 Å². The summed E-state index contributed by atoms with van der Waals surface area (Å²) in [6.07, 6.45) is 0.274. The van der Waals surface area contributed by atoms with Crippen molar-refractivity contribution in [3.05, 3.63) is 65.5 Å². The van der Waals surface area contributed by atoms with Crippen LogP contribution in [0.3, 0.4) is 0 Å². The van der Waals surface area contributed by atoms with Crippen LogP contribution in [0.2, 0.25) is 0 Å². The normalized spacial score (nSPS) is 14.1. The molecule has 1 aliphatic heterocycles. The van der Waals surface area contributed by atoms with E-state index in [2.05, 4.69) is 10.6 Å². The first-order valence-corrected chi connectivity index (χ1v) is 10.2. The van der Waals surface area contributed by atoms with Gasteiger partial charge in [-0.05, 0) is 55.3 Å². The van der Waals surface area contributed by atoms with Crippen molar-refractivity contribution in [3.63, 3.8) is 0 Å². The Morgan fingerprint density at radius 1 is 1.06 bits per heavy atom. The van der Waals surface area contributed by atoms with Crippen LogP contribution in [0.1, 0.15) is 35.7 Å². The third-order valence-corrected chi connectivity index (χ3v) is 4.97. The second kappa shape index (κ2) is 10.5. The van der Waals surface area contributed by atoms with E-state index in [1.54, 1.807) is 29.2 Å². The molecular formula is C23H24FN3O5. The Kier molecular flexibility index (Phi) is 7.54. The average molecular weight is 441 g/mol. The second-order valence-corrected chi connectivity index (χ2v) is 7.35. The molecule has 1 heterocycles. The molecule has 1 fully saturated rings. The van der Waals surface area contributed by atoms with Crippen molar-refractivity contribution in [1.29, 1.82) is 0 Å². The van der Waals surface area contributed by atoms with Crippen LogP contribution in [0.4, 0.5) is 10.1 Å². The van der Waals surface area contributed by atoms with Crippen LogP contribution in [0.5, 0.6) is 0 Å². The van der Waals surface area contributed by atoms with Gasteiger partial charge in [-0.2, -0.15) is 0 Å². The molecule has 3 rings (SSSR count).